The quantitative estimate of drug-likeness (QED) is 0.0437. The Kier molecular flexibility index (Phi) is 29.2. The van der Waals surface area contributed by atoms with Gasteiger partial charge in [0.05, 0.1) is 22.0 Å². The van der Waals surface area contributed by atoms with Gasteiger partial charge in [0.15, 0.2) is 0 Å². The molecule has 12 aromatic rings. The number of benzene rings is 4. The summed E-state index contributed by atoms with van der Waals surface area (Å²) in [6.07, 6.45) is 33.6. The van der Waals surface area contributed by atoms with Gasteiger partial charge in [-0.2, -0.15) is 0 Å². The predicted octanol–water partition coefficient (Wildman–Crippen LogP) is 18.6. The molecule has 2 aliphatic carbocycles. The lowest BCUT2D eigenvalue weighted by Crippen LogP contribution is -2.47. The molecule has 0 atom stereocenters. The molecule has 0 spiro atoms. The molecule has 0 amide bonds. The average molecular weight is 1780 g/mol. The molecule has 0 bridgehead atoms. The number of hydrogen-bond donors (Lipinski definition) is 4. The number of nitrogens with one attached hydrogen (secondary N) is 4. The molecule has 24 nitrogen and oxygen atoms in total. The molecule has 664 valence electrons. The van der Waals surface area contributed by atoms with Crippen LogP contribution in [0.25, 0.3) is 87.6 Å². The first kappa shape index (κ1) is 90.7. The van der Waals surface area contributed by atoms with Crippen molar-refractivity contribution in [2.45, 2.75) is 206 Å². The van der Waals surface area contributed by atoms with Crippen molar-refractivity contribution in [3.8, 4) is 44.5 Å². The van der Waals surface area contributed by atoms with E-state index >= 15 is 0 Å². The van der Waals surface area contributed by atoms with E-state index in [1.165, 1.54) is 0 Å². The van der Waals surface area contributed by atoms with E-state index in [4.69, 9.17) is 0 Å². The van der Waals surface area contributed by atoms with Gasteiger partial charge in [-0.15, -0.1) is 0 Å². The van der Waals surface area contributed by atoms with Crippen LogP contribution in [0.1, 0.15) is 164 Å². The summed E-state index contributed by atoms with van der Waals surface area (Å²) < 4.78 is 108. The summed E-state index contributed by atoms with van der Waals surface area (Å²) in [4.78, 5) is 35.0. The fourth-order valence-corrected chi connectivity index (χ4v) is 25.5. The molecule has 18 rings (SSSR count). The molecule has 0 unspecified atom stereocenters. The Hall–Kier alpha value is -10.0. The van der Waals surface area contributed by atoms with E-state index in [1.807, 2.05) is 154 Å². The van der Waals surface area contributed by atoms with E-state index in [0.717, 1.165) is 260 Å². The Bertz CT molecular complexity index is 6290. The van der Waals surface area contributed by atoms with E-state index in [0.29, 0.717) is 52.4 Å². The number of aryl methyl sites for hydroxylation is 6. The van der Waals surface area contributed by atoms with Crippen LogP contribution in [0.2, 0.25) is 0 Å². The zero-order valence-corrected chi connectivity index (χ0v) is 77.1. The zero-order chi connectivity index (χ0) is 88.3. The van der Waals surface area contributed by atoms with Crippen LogP contribution in [-0.4, -0.2) is 189 Å². The average Bonchev–Trinajstić information content (AvgIpc) is 0.826. The van der Waals surface area contributed by atoms with Gasteiger partial charge in [0, 0.05) is 217 Å². The minimum Gasteiger partial charge on any atom is -0.382 e. The molecule has 4 saturated heterocycles. The van der Waals surface area contributed by atoms with Crippen molar-refractivity contribution in [3.05, 3.63) is 217 Å². The summed E-state index contributed by atoms with van der Waals surface area (Å²) >= 11 is 0. The Balaban J connectivity index is 0.000000130. The summed E-state index contributed by atoms with van der Waals surface area (Å²) in [7, 11) is -12.5. The molecule has 6 fully saturated rings. The highest BCUT2D eigenvalue weighted by Crippen LogP contribution is 2.40. The molecule has 126 heavy (non-hydrogen) atoms. The van der Waals surface area contributed by atoms with Crippen molar-refractivity contribution in [2.75, 3.05) is 85.1 Å². The fraction of sp³-hybridized carbons (Fsp3) is 0.429. The molecule has 4 aliphatic heterocycles. The van der Waals surface area contributed by atoms with Gasteiger partial charge in [0.25, 0.3) is 0 Å². The van der Waals surface area contributed by atoms with Crippen molar-refractivity contribution in [2.24, 2.45) is 0 Å². The highest BCUT2D eigenvalue weighted by molar-refractivity contribution is 7.90. The number of aromatic nitrogens is 8. The fourth-order valence-electron chi connectivity index (χ4n) is 18.0. The van der Waals surface area contributed by atoms with Gasteiger partial charge in [-0.05, 0) is 319 Å². The molecule has 6 aliphatic rings. The molecule has 12 heterocycles. The maximum atomic E-state index is 12.8. The number of rotatable bonds is 24. The van der Waals surface area contributed by atoms with Gasteiger partial charge in [-0.1, -0.05) is 39.5 Å². The number of pyridine rings is 8. The summed E-state index contributed by atoms with van der Waals surface area (Å²) in [5, 5.41) is 23.4. The van der Waals surface area contributed by atoms with E-state index in [1.54, 1.807) is 17.2 Å². The van der Waals surface area contributed by atoms with Crippen LogP contribution in [0.3, 0.4) is 0 Å². The number of anilines is 4. The van der Waals surface area contributed by atoms with Crippen LogP contribution >= 0.6 is 0 Å². The number of piperidine rings is 4. The largest absolute Gasteiger partial charge is 0.382 e. The van der Waals surface area contributed by atoms with Gasteiger partial charge in [0.2, 0.25) is 40.1 Å². The lowest BCUT2D eigenvalue weighted by molar-refractivity contribution is 0.316. The van der Waals surface area contributed by atoms with Crippen molar-refractivity contribution in [1.82, 2.24) is 57.1 Å². The van der Waals surface area contributed by atoms with E-state index in [-0.39, 0.29) is 46.2 Å². The molecular formula is C98H120N16O8S4. The standard InChI is InChI=1S/C25H30N4O2S.C25H32N4O2S.C24H28N4O2S.C24H30N4O2S/c1-17-12-20(13-18(2)27-17)21-14-19-6-9-26-16-24(19)25(15-21)28-22-7-10-29(11-8-22)32(30,31)23-4-3-5-23;1-4-5-12-32(30,31)29-10-7-23(8-11-29)28-25-16-22(15-20-6-9-26-17-24(20)25)21-13-18(2)27-19(3)14-21;1-17-13-18(6-10-26-17)20-14-19-5-9-25-16-23(19)24(15-20)27-21-7-11-28(12-8-21)31(29,30)22-3-2-4-22;1-3-4-13-31(29,30)28-11-7-22(8-12-28)27-24-16-21(19-6-10-26-18(2)14-19)15-20-5-9-25-17-23(20)24/h6,9,12-16,22-23,28H,3-5,7-8,10-11H2,1-2H3;6,9,13-17,23,28H,4-5,7-8,10-12H2,1-3H3;5-6,9-10,13-16,21-22,27H,2-4,7-8,11-12H2,1H3;5-6,9-10,14-17,22,27H,3-4,7-8,11-13H2,1-2H3. The van der Waals surface area contributed by atoms with E-state index < -0.39 is 40.1 Å². The van der Waals surface area contributed by atoms with Gasteiger partial charge >= 0.3 is 0 Å². The van der Waals surface area contributed by atoms with Gasteiger partial charge in [-0.3, -0.25) is 39.9 Å². The normalized spacial score (nSPS) is 17.3. The molecule has 2 saturated carbocycles. The Labute approximate surface area is 744 Å². The lowest BCUT2D eigenvalue weighted by atomic mass is 9.99. The first-order chi connectivity index (χ1) is 60.7. The van der Waals surface area contributed by atoms with E-state index in [9.17, 15) is 33.7 Å². The first-order valence-electron chi connectivity index (χ1n) is 45.0. The lowest BCUT2D eigenvalue weighted by Gasteiger charge is -2.37. The summed E-state index contributed by atoms with van der Waals surface area (Å²) in [6.45, 7) is 20.8. The minimum atomic E-state index is -3.14. The van der Waals surface area contributed by atoms with Gasteiger partial charge < -0.3 is 21.3 Å². The molecule has 4 N–H and O–H groups in total. The highest BCUT2D eigenvalue weighted by Gasteiger charge is 2.40. The minimum absolute atomic E-state index is 0.146. The van der Waals surface area contributed by atoms with Crippen LogP contribution in [-0.2, 0) is 40.1 Å². The summed E-state index contributed by atoms with van der Waals surface area (Å²) in [6, 6.07) is 43.2. The summed E-state index contributed by atoms with van der Waals surface area (Å²) in [5.41, 5.74) is 19.3. The molecule has 4 aromatic carbocycles. The third-order valence-corrected chi connectivity index (χ3v) is 34.2. The second-order valence-corrected chi connectivity index (χ2v) is 43.5. The second kappa shape index (κ2) is 40.5. The zero-order valence-electron chi connectivity index (χ0n) is 73.8. The van der Waals surface area contributed by atoms with Crippen LogP contribution in [0.5, 0.6) is 0 Å². The molecular weight excluding hydrogens is 1660 g/mol. The van der Waals surface area contributed by atoms with Crippen molar-refractivity contribution >= 4 is 106 Å². The smallest absolute Gasteiger partial charge is 0.216 e. The Morgan fingerprint density at radius 2 is 0.556 bits per heavy atom. The van der Waals surface area contributed by atoms with Crippen LogP contribution < -0.4 is 21.3 Å². The third kappa shape index (κ3) is 22.2. The van der Waals surface area contributed by atoms with Crippen molar-refractivity contribution in [1.29, 1.82) is 0 Å². The second-order valence-electron chi connectivity index (χ2n) is 34.9. The van der Waals surface area contributed by atoms with Crippen LogP contribution in [0.15, 0.2) is 183 Å². The highest BCUT2D eigenvalue weighted by atomic mass is 32.2. The molecule has 8 aromatic heterocycles. The topological polar surface area (TPSA) is 301 Å². The van der Waals surface area contributed by atoms with Crippen LogP contribution in [0.4, 0.5) is 22.7 Å². The van der Waals surface area contributed by atoms with Crippen LogP contribution in [0, 0.1) is 41.5 Å². The SMILES string of the molecule is CCCCS(=O)(=O)N1CCC(Nc2cc(-c3cc(C)nc(C)c3)cc3ccncc23)CC1.CCCCS(=O)(=O)N1CCC(Nc2cc(-c3ccnc(C)c3)cc3ccncc23)CC1.Cc1cc(-c2cc(NC3CCN(S(=O)(=O)C4CCC4)CC3)c3cnccc3c2)cc(C)n1.Cc1cc(-c2cc(NC3CCN(S(=O)(=O)C4CCC4)CC3)c3cnccc3c2)ccn1. The van der Waals surface area contributed by atoms with Crippen molar-refractivity contribution < 1.29 is 33.7 Å². The Morgan fingerprint density at radius 3 is 0.810 bits per heavy atom. The third-order valence-electron chi connectivity index (χ3n) is 25.5. The number of fused-ring (bicyclic) bond motifs is 4. The van der Waals surface area contributed by atoms with Gasteiger partial charge in [-0.25, -0.2) is 50.9 Å². The van der Waals surface area contributed by atoms with Crippen molar-refractivity contribution in [3.63, 3.8) is 0 Å². The Morgan fingerprint density at radius 1 is 0.302 bits per heavy atom. The first-order valence-corrected chi connectivity index (χ1v) is 51.2. The number of unbranched alkanes of at least 4 members (excludes halogenated alkanes) is 2. The monoisotopic (exact) mass is 1780 g/mol. The number of hydrogen-bond acceptors (Lipinski definition) is 20. The number of nitrogens with zero attached hydrogens (tertiary/aromatic N) is 12. The molecule has 0 radical (unpaired) electrons. The maximum absolute atomic E-state index is 12.8. The number of sulfonamides is 4. The molecule has 28 heteroatoms. The van der Waals surface area contributed by atoms with Gasteiger partial charge in [0.1, 0.15) is 0 Å². The predicted molar refractivity (Wildman–Crippen MR) is 512 cm³/mol. The summed E-state index contributed by atoms with van der Waals surface area (Å²) in [5.74, 6) is 0.510. The van der Waals surface area contributed by atoms with E-state index in [2.05, 4.69) is 146 Å². The maximum Gasteiger partial charge on any atom is 0.216 e.